The average molecular weight is 216 g/mol. The fourth-order valence-corrected chi connectivity index (χ4v) is 1.75. The highest BCUT2D eigenvalue weighted by Gasteiger charge is 2.88. The molecule has 2 N–H and O–H groups in total. The Morgan fingerprint density at radius 1 is 1.13 bits per heavy atom. The first kappa shape index (κ1) is 10.5. The first-order chi connectivity index (χ1) is 6.95. The van der Waals surface area contributed by atoms with Gasteiger partial charge in [-0.15, -0.1) is 0 Å². The van der Waals surface area contributed by atoms with E-state index in [2.05, 4.69) is 0 Å². The van der Waals surface area contributed by atoms with Crippen molar-refractivity contribution >= 4 is 7.12 Å². The minimum absolute atomic E-state index is 0.229. The molecule has 0 bridgehead atoms. The van der Waals surface area contributed by atoms with E-state index in [0.29, 0.717) is 0 Å². The maximum atomic E-state index is 13.9. The topological polar surface area (TPSA) is 40.5 Å². The summed E-state index contributed by atoms with van der Waals surface area (Å²) >= 11 is 0. The third-order valence-corrected chi connectivity index (χ3v) is 2.76. The molecule has 1 saturated carbocycles. The van der Waals surface area contributed by atoms with Crippen LogP contribution < -0.4 is 0 Å². The molecule has 0 amide bonds. The highest BCUT2D eigenvalue weighted by Crippen LogP contribution is 2.63. The van der Waals surface area contributed by atoms with Crippen LogP contribution in [0, 0.1) is 0 Å². The molecule has 15 heavy (non-hydrogen) atoms. The summed E-state index contributed by atoms with van der Waals surface area (Å²) < 4.78 is 40.4. The lowest BCUT2D eigenvalue weighted by molar-refractivity contribution is 0.187. The van der Waals surface area contributed by atoms with E-state index in [4.69, 9.17) is 10.0 Å². The van der Waals surface area contributed by atoms with Crippen LogP contribution in [0.1, 0.15) is 5.56 Å². The molecule has 0 heterocycles. The Morgan fingerprint density at radius 3 is 2.07 bits per heavy atom. The summed E-state index contributed by atoms with van der Waals surface area (Å²) in [7, 11) is -2.67. The molecule has 80 valence electrons. The molecule has 0 aliphatic heterocycles. The van der Waals surface area contributed by atoms with E-state index >= 15 is 0 Å². The lowest BCUT2D eigenvalue weighted by Gasteiger charge is -2.09. The van der Waals surface area contributed by atoms with Gasteiger partial charge in [0.05, 0.1) is 0 Å². The highest BCUT2D eigenvalue weighted by atomic mass is 19.2. The van der Waals surface area contributed by atoms with Gasteiger partial charge in [0.2, 0.25) is 11.2 Å². The van der Waals surface area contributed by atoms with E-state index in [1.165, 1.54) is 24.3 Å². The summed E-state index contributed by atoms with van der Waals surface area (Å²) in [6, 6.07) is 6.82. The Balaban J connectivity index is 2.40. The molecule has 1 aliphatic rings. The standard InChI is InChI=1S/C9H8BF3O2/c11-7-8(12,9(7,13)10(14)15)6-4-2-1-3-5-6/h1-5,7,14-15H. The molecule has 1 aliphatic carbocycles. The smallest absolute Gasteiger partial charge is 0.425 e. The number of rotatable bonds is 2. The Bertz CT molecular complexity index is 375. The summed E-state index contributed by atoms with van der Waals surface area (Å²) in [5.41, 5.74) is -6.44. The van der Waals surface area contributed by atoms with Gasteiger partial charge in [-0.1, -0.05) is 30.3 Å². The van der Waals surface area contributed by atoms with E-state index in [9.17, 15) is 13.2 Å². The molecule has 3 unspecified atom stereocenters. The van der Waals surface area contributed by atoms with Crippen molar-refractivity contribution in [3.05, 3.63) is 35.9 Å². The predicted molar refractivity (Wildman–Crippen MR) is 48.2 cm³/mol. The van der Waals surface area contributed by atoms with Gasteiger partial charge in [0.1, 0.15) is 0 Å². The summed E-state index contributed by atoms with van der Waals surface area (Å²) in [4.78, 5) is 0. The first-order valence-corrected chi connectivity index (χ1v) is 4.39. The molecule has 0 saturated heterocycles. The quantitative estimate of drug-likeness (QED) is 0.721. The second-order valence-corrected chi connectivity index (χ2v) is 3.58. The van der Waals surface area contributed by atoms with Gasteiger partial charge in [-0.3, -0.25) is 0 Å². The van der Waals surface area contributed by atoms with Crippen LogP contribution in [-0.2, 0) is 5.67 Å². The van der Waals surface area contributed by atoms with Gasteiger partial charge in [-0.05, 0) is 5.56 Å². The first-order valence-electron chi connectivity index (χ1n) is 4.39. The third kappa shape index (κ3) is 1.09. The number of benzene rings is 1. The van der Waals surface area contributed by atoms with Crippen molar-refractivity contribution in [2.75, 3.05) is 0 Å². The van der Waals surface area contributed by atoms with Crippen molar-refractivity contribution in [1.82, 2.24) is 0 Å². The second-order valence-electron chi connectivity index (χ2n) is 3.58. The molecule has 2 nitrogen and oxygen atoms in total. The van der Waals surface area contributed by atoms with Crippen LogP contribution in [0.2, 0.25) is 0 Å². The zero-order chi connectivity index (χ0) is 11.3. The van der Waals surface area contributed by atoms with Crippen molar-refractivity contribution in [2.45, 2.75) is 17.4 Å². The summed E-state index contributed by atoms with van der Waals surface area (Å²) in [5, 5.41) is 17.2. The molecular formula is C9H8BF3O2. The van der Waals surface area contributed by atoms with Crippen molar-refractivity contribution in [2.24, 2.45) is 0 Å². The van der Waals surface area contributed by atoms with Gasteiger partial charge in [0.25, 0.3) is 0 Å². The lowest BCUT2D eigenvalue weighted by Crippen LogP contribution is -2.36. The molecule has 0 spiro atoms. The monoisotopic (exact) mass is 216 g/mol. The summed E-state index contributed by atoms with van der Waals surface area (Å²) in [6.07, 6.45) is -2.55. The van der Waals surface area contributed by atoms with Gasteiger partial charge in [-0.25, -0.2) is 13.2 Å². The number of halogens is 3. The molecule has 0 aromatic heterocycles. The van der Waals surface area contributed by atoms with Crippen LogP contribution >= 0.6 is 0 Å². The van der Waals surface area contributed by atoms with E-state index in [1.54, 1.807) is 6.07 Å². The maximum absolute atomic E-state index is 13.9. The molecule has 1 fully saturated rings. The molecule has 0 radical (unpaired) electrons. The molecule has 6 heteroatoms. The van der Waals surface area contributed by atoms with Crippen molar-refractivity contribution in [3.63, 3.8) is 0 Å². The maximum Gasteiger partial charge on any atom is 0.498 e. The largest absolute Gasteiger partial charge is 0.498 e. The number of alkyl halides is 3. The van der Waals surface area contributed by atoms with Crippen LogP contribution in [0.25, 0.3) is 0 Å². The molecule has 1 aromatic carbocycles. The van der Waals surface area contributed by atoms with Crippen LogP contribution in [0.3, 0.4) is 0 Å². The van der Waals surface area contributed by atoms with E-state index in [1.807, 2.05) is 0 Å². The minimum Gasteiger partial charge on any atom is -0.425 e. The lowest BCUT2D eigenvalue weighted by atomic mass is 9.77. The van der Waals surface area contributed by atoms with Crippen LogP contribution in [-0.4, -0.2) is 28.9 Å². The van der Waals surface area contributed by atoms with Gasteiger partial charge >= 0.3 is 7.12 Å². The summed E-state index contributed by atoms with van der Waals surface area (Å²) in [6.45, 7) is 0. The van der Waals surface area contributed by atoms with E-state index < -0.39 is 24.5 Å². The fraction of sp³-hybridized carbons (Fsp3) is 0.333. The molecule has 2 rings (SSSR count). The second kappa shape index (κ2) is 2.99. The predicted octanol–water partition coefficient (Wildman–Crippen LogP) is 0.923. The van der Waals surface area contributed by atoms with Crippen LogP contribution in [0.15, 0.2) is 30.3 Å². The van der Waals surface area contributed by atoms with Crippen molar-refractivity contribution in [1.29, 1.82) is 0 Å². The van der Waals surface area contributed by atoms with Crippen LogP contribution in [0.5, 0.6) is 0 Å². The highest BCUT2D eigenvalue weighted by molar-refractivity contribution is 6.48. The van der Waals surface area contributed by atoms with E-state index in [0.717, 1.165) is 0 Å². The average Bonchev–Trinajstić information content (AvgIpc) is 2.69. The Morgan fingerprint density at radius 2 is 1.67 bits per heavy atom. The number of hydrogen-bond acceptors (Lipinski definition) is 2. The Hall–Kier alpha value is -1.01. The SMILES string of the molecule is OB(O)C1(F)C(F)C1(F)c1ccccc1. The minimum atomic E-state index is -3.26. The Kier molecular flexibility index (Phi) is 2.10. The fourth-order valence-electron chi connectivity index (χ4n) is 1.75. The van der Waals surface area contributed by atoms with Gasteiger partial charge in [-0.2, -0.15) is 0 Å². The Labute approximate surface area is 84.5 Å². The number of hydrogen-bond donors (Lipinski definition) is 2. The zero-order valence-corrected chi connectivity index (χ0v) is 7.57. The zero-order valence-electron chi connectivity index (χ0n) is 7.57. The third-order valence-electron chi connectivity index (χ3n) is 2.76. The molecular weight excluding hydrogens is 208 g/mol. The van der Waals surface area contributed by atoms with E-state index in [-0.39, 0.29) is 5.56 Å². The van der Waals surface area contributed by atoms with Gasteiger partial charge in [0.15, 0.2) is 6.17 Å². The van der Waals surface area contributed by atoms with Crippen LogP contribution in [0.4, 0.5) is 13.2 Å². The normalized spacial score (nSPS) is 38.9. The summed E-state index contributed by atoms with van der Waals surface area (Å²) in [5.74, 6) is 0. The molecule has 3 atom stereocenters. The van der Waals surface area contributed by atoms with Gasteiger partial charge < -0.3 is 10.0 Å². The van der Waals surface area contributed by atoms with Crippen molar-refractivity contribution < 1.29 is 23.2 Å². The van der Waals surface area contributed by atoms with Crippen molar-refractivity contribution in [3.8, 4) is 0 Å². The van der Waals surface area contributed by atoms with Gasteiger partial charge in [0, 0.05) is 0 Å². The molecule has 1 aromatic rings.